The van der Waals surface area contributed by atoms with Crippen LogP contribution in [0.4, 0.5) is 5.69 Å². The molecule has 0 saturated heterocycles. The highest BCUT2D eigenvalue weighted by molar-refractivity contribution is 6.06. The molecule has 6 heteroatoms. The number of rotatable bonds is 9. The number of hydrogen-bond donors (Lipinski definition) is 1. The third-order valence-electron chi connectivity index (χ3n) is 6.11. The van der Waals surface area contributed by atoms with Crippen LogP contribution >= 0.6 is 0 Å². The second kappa shape index (κ2) is 11.1. The van der Waals surface area contributed by atoms with Gasteiger partial charge in [-0.15, -0.1) is 0 Å². The summed E-state index contributed by atoms with van der Waals surface area (Å²) in [5, 5.41) is 3.02. The lowest BCUT2D eigenvalue weighted by molar-refractivity contribution is 0.0526. The Balaban J connectivity index is 2.60. The van der Waals surface area contributed by atoms with Crippen molar-refractivity contribution in [2.24, 2.45) is 7.05 Å². The number of nitrogens with zero attached hydrogens (tertiary/aromatic N) is 1. The fourth-order valence-electron chi connectivity index (χ4n) is 3.97. The van der Waals surface area contributed by atoms with Crippen molar-refractivity contribution in [1.82, 2.24) is 4.57 Å². The third kappa shape index (κ3) is 5.12. The first-order chi connectivity index (χ1) is 15.2. The first-order valence-corrected chi connectivity index (χ1v) is 11.5. The monoisotopic (exact) mass is 440 g/mol. The van der Waals surface area contributed by atoms with Crippen LogP contribution < -0.4 is 10.7 Å². The van der Waals surface area contributed by atoms with Gasteiger partial charge in [-0.05, 0) is 69.7 Å². The Labute approximate surface area is 191 Å². The van der Waals surface area contributed by atoms with Crippen molar-refractivity contribution in [3.8, 4) is 0 Å². The second-order valence-electron chi connectivity index (χ2n) is 8.07. The predicted octanol–water partition coefficient (Wildman–Crippen LogP) is 4.90. The first-order valence-electron chi connectivity index (χ1n) is 11.5. The number of esters is 1. The molecule has 0 unspecified atom stereocenters. The Bertz CT molecular complexity index is 1040. The number of hydrogen-bond acceptors (Lipinski definition) is 4. The molecule has 1 heterocycles. The van der Waals surface area contributed by atoms with Crippen LogP contribution in [0.5, 0.6) is 0 Å². The Hall–Kier alpha value is -2.89. The summed E-state index contributed by atoms with van der Waals surface area (Å²) < 4.78 is 7.12. The van der Waals surface area contributed by atoms with Gasteiger partial charge < -0.3 is 14.6 Å². The Kier molecular flexibility index (Phi) is 8.81. The zero-order valence-corrected chi connectivity index (χ0v) is 20.5. The average Bonchev–Trinajstić information content (AvgIpc) is 2.78. The number of ether oxygens (including phenoxy) is 1. The van der Waals surface area contributed by atoms with E-state index in [1.807, 2.05) is 32.4 Å². The van der Waals surface area contributed by atoms with Gasteiger partial charge in [-0.25, -0.2) is 4.79 Å². The molecule has 174 valence electrons. The molecule has 6 nitrogen and oxygen atoms in total. The number of amides is 1. The maximum atomic E-state index is 13.5. The molecule has 2 rings (SSSR count). The summed E-state index contributed by atoms with van der Waals surface area (Å²) in [5.74, 6) is -0.771. The Morgan fingerprint density at radius 3 is 2.12 bits per heavy atom. The molecule has 0 atom stereocenters. The number of carbonyl (C=O) groups excluding carboxylic acids is 2. The largest absolute Gasteiger partial charge is 0.462 e. The molecule has 0 spiro atoms. The molecule has 1 aromatic carbocycles. The highest BCUT2D eigenvalue weighted by atomic mass is 16.5. The van der Waals surface area contributed by atoms with E-state index in [9.17, 15) is 14.4 Å². The van der Waals surface area contributed by atoms with E-state index in [0.29, 0.717) is 42.7 Å². The molecule has 0 radical (unpaired) electrons. The second-order valence-corrected chi connectivity index (χ2v) is 8.07. The van der Waals surface area contributed by atoms with E-state index in [4.69, 9.17) is 4.74 Å². The van der Waals surface area contributed by atoms with Gasteiger partial charge >= 0.3 is 5.97 Å². The maximum absolute atomic E-state index is 13.5. The van der Waals surface area contributed by atoms with Gasteiger partial charge in [0.15, 0.2) is 5.43 Å². The number of aromatic nitrogens is 1. The van der Waals surface area contributed by atoms with E-state index in [1.54, 1.807) is 26.0 Å². The number of carbonyl (C=O) groups is 2. The van der Waals surface area contributed by atoms with E-state index in [0.717, 1.165) is 35.4 Å². The van der Waals surface area contributed by atoms with Crippen LogP contribution in [-0.4, -0.2) is 23.1 Å². The molecular weight excluding hydrogens is 404 g/mol. The van der Waals surface area contributed by atoms with Crippen molar-refractivity contribution >= 4 is 17.6 Å². The molecule has 0 saturated carbocycles. The number of pyridine rings is 1. The molecule has 2 aromatic rings. The zero-order valence-electron chi connectivity index (χ0n) is 20.5. The van der Waals surface area contributed by atoms with Crippen LogP contribution in [0.2, 0.25) is 0 Å². The smallest absolute Gasteiger partial charge is 0.338 e. The van der Waals surface area contributed by atoms with Crippen molar-refractivity contribution in [3.63, 3.8) is 0 Å². The average molecular weight is 441 g/mol. The highest BCUT2D eigenvalue weighted by Gasteiger charge is 2.23. The van der Waals surface area contributed by atoms with Crippen LogP contribution in [0.3, 0.4) is 0 Å². The van der Waals surface area contributed by atoms with Gasteiger partial charge in [-0.2, -0.15) is 0 Å². The standard InChI is InChI=1S/C26H36N2O4/c1-8-12-13-21-22(24(29)16(5)17(6)28(21)7)25(30)27-23-18(9-2)14-20(15-19(23)10-3)26(31)32-11-4/h14-15H,8-13H2,1-7H3,(H,27,30). The quantitative estimate of drug-likeness (QED) is 0.563. The van der Waals surface area contributed by atoms with E-state index < -0.39 is 5.91 Å². The lowest BCUT2D eigenvalue weighted by Crippen LogP contribution is -2.30. The van der Waals surface area contributed by atoms with E-state index >= 15 is 0 Å². The van der Waals surface area contributed by atoms with Gasteiger partial charge in [-0.1, -0.05) is 27.2 Å². The lowest BCUT2D eigenvalue weighted by atomic mass is 9.97. The molecule has 0 aliphatic rings. The fourth-order valence-corrected chi connectivity index (χ4v) is 3.97. The summed E-state index contributed by atoms with van der Waals surface area (Å²) in [5.41, 5.74) is 5.05. The van der Waals surface area contributed by atoms with Crippen LogP contribution in [0.1, 0.15) is 89.3 Å². The molecule has 0 fully saturated rings. The predicted molar refractivity (Wildman–Crippen MR) is 129 cm³/mol. The number of nitrogens with one attached hydrogen (secondary N) is 1. The highest BCUT2D eigenvalue weighted by Crippen LogP contribution is 2.27. The summed E-state index contributed by atoms with van der Waals surface area (Å²) in [6.45, 7) is 11.8. The summed E-state index contributed by atoms with van der Waals surface area (Å²) in [6.07, 6.45) is 3.78. The van der Waals surface area contributed by atoms with Crippen LogP contribution in [0, 0.1) is 13.8 Å². The van der Waals surface area contributed by atoms with Crippen molar-refractivity contribution in [1.29, 1.82) is 0 Å². The van der Waals surface area contributed by atoms with Gasteiger partial charge in [0.1, 0.15) is 5.56 Å². The molecule has 1 aromatic heterocycles. The van der Waals surface area contributed by atoms with Crippen molar-refractivity contribution in [2.45, 2.75) is 73.6 Å². The zero-order chi connectivity index (χ0) is 24.0. The Morgan fingerprint density at radius 2 is 1.62 bits per heavy atom. The Morgan fingerprint density at radius 1 is 1.03 bits per heavy atom. The van der Waals surface area contributed by atoms with Gasteiger partial charge in [0.2, 0.25) is 0 Å². The van der Waals surface area contributed by atoms with Crippen LogP contribution in [-0.2, 0) is 31.0 Å². The molecule has 0 aliphatic heterocycles. The minimum atomic E-state index is -0.395. The van der Waals surface area contributed by atoms with Gasteiger partial charge in [-0.3, -0.25) is 9.59 Å². The fraction of sp³-hybridized carbons (Fsp3) is 0.500. The molecule has 32 heavy (non-hydrogen) atoms. The van der Waals surface area contributed by atoms with E-state index in [2.05, 4.69) is 12.2 Å². The summed E-state index contributed by atoms with van der Waals surface area (Å²) in [7, 11) is 1.91. The third-order valence-corrected chi connectivity index (χ3v) is 6.11. The number of unbranched alkanes of at least 4 members (excludes halogenated alkanes) is 1. The summed E-state index contributed by atoms with van der Waals surface area (Å²) >= 11 is 0. The van der Waals surface area contributed by atoms with Gasteiger partial charge in [0.25, 0.3) is 5.91 Å². The topological polar surface area (TPSA) is 77.4 Å². The molecule has 0 bridgehead atoms. The van der Waals surface area contributed by atoms with Gasteiger partial charge in [0, 0.05) is 29.7 Å². The van der Waals surface area contributed by atoms with E-state index in [1.165, 1.54) is 0 Å². The van der Waals surface area contributed by atoms with Crippen LogP contribution in [0.25, 0.3) is 0 Å². The minimum absolute atomic E-state index is 0.211. The number of aryl methyl sites for hydroxylation is 2. The summed E-state index contributed by atoms with van der Waals surface area (Å²) in [6, 6.07) is 3.53. The van der Waals surface area contributed by atoms with Crippen molar-refractivity contribution < 1.29 is 14.3 Å². The maximum Gasteiger partial charge on any atom is 0.338 e. The van der Waals surface area contributed by atoms with Crippen molar-refractivity contribution in [3.05, 3.63) is 61.6 Å². The number of benzene rings is 1. The normalized spacial score (nSPS) is 10.8. The molecular formula is C26H36N2O4. The van der Waals surface area contributed by atoms with E-state index in [-0.39, 0.29) is 17.0 Å². The lowest BCUT2D eigenvalue weighted by Gasteiger charge is -2.20. The molecule has 0 aliphatic carbocycles. The number of anilines is 1. The van der Waals surface area contributed by atoms with Crippen LogP contribution in [0.15, 0.2) is 16.9 Å². The molecule has 1 N–H and O–H groups in total. The SMILES string of the molecule is CCCCc1c(C(=O)Nc2c(CC)cc(C(=O)OCC)cc2CC)c(=O)c(C)c(C)n1C. The van der Waals surface area contributed by atoms with Gasteiger partial charge in [0.05, 0.1) is 12.2 Å². The first kappa shape index (κ1) is 25.4. The summed E-state index contributed by atoms with van der Waals surface area (Å²) in [4.78, 5) is 38.9. The minimum Gasteiger partial charge on any atom is -0.462 e. The van der Waals surface area contributed by atoms with Crippen molar-refractivity contribution in [2.75, 3.05) is 11.9 Å². The molecule has 1 amide bonds.